The van der Waals surface area contributed by atoms with E-state index in [0.717, 1.165) is 83.4 Å². The van der Waals surface area contributed by atoms with Gasteiger partial charge in [-0.1, -0.05) is 146 Å². The molecule has 2 aromatic heterocycles. The van der Waals surface area contributed by atoms with Gasteiger partial charge in [-0.05, 0) is 92.7 Å². The molecule has 2 heterocycles. The summed E-state index contributed by atoms with van der Waals surface area (Å²) in [6.07, 6.45) is 0. The summed E-state index contributed by atoms with van der Waals surface area (Å²) in [6.45, 7) is 0. The lowest BCUT2D eigenvalue weighted by Crippen LogP contribution is -1.98. The molecule has 0 amide bonds. The molecule has 0 atom stereocenters. The lowest BCUT2D eigenvalue weighted by Gasteiger charge is -2.15. The van der Waals surface area contributed by atoms with Crippen LogP contribution in [0.2, 0.25) is 0 Å². The molecule has 0 aliphatic rings. The fraction of sp³-hybridized carbons (Fsp3) is 0. The summed E-state index contributed by atoms with van der Waals surface area (Å²) < 4.78 is 6.19. The van der Waals surface area contributed by atoms with Crippen molar-refractivity contribution < 1.29 is 4.42 Å². The van der Waals surface area contributed by atoms with Gasteiger partial charge in [0.05, 0.1) is 11.4 Å². The van der Waals surface area contributed by atoms with Gasteiger partial charge in [0.2, 0.25) is 0 Å². The minimum atomic E-state index is 0.683. The fourth-order valence-corrected chi connectivity index (χ4v) is 7.40. The van der Waals surface area contributed by atoms with E-state index in [1.165, 1.54) is 10.8 Å². The average Bonchev–Trinajstić information content (AvgIpc) is 3.62. The Hall–Kier alpha value is -7.10. The van der Waals surface area contributed by atoms with Gasteiger partial charge in [-0.3, -0.25) is 0 Å². The van der Waals surface area contributed by atoms with Gasteiger partial charge >= 0.3 is 0 Å². The van der Waals surface area contributed by atoms with E-state index in [-0.39, 0.29) is 0 Å². The quantitative estimate of drug-likeness (QED) is 0.176. The van der Waals surface area contributed by atoms with Crippen LogP contribution in [0, 0.1) is 0 Å². The van der Waals surface area contributed by atoms with Crippen LogP contribution in [0.15, 0.2) is 199 Å². The van der Waals surface area contributed by atoms with Gasteiger partial charge in [0.1, 0.15) is 11.2 Å². The number of furan rings is 1. The molecule has 0 fully saturated rings. The van der Waals surface area contributed by atoms with E-state index in [1.54, 1.807) is 0 Å². The Labute approximate surface area is 307 Å². The van der Waals surface area contributed by atoms with Crippen LogP contribution < -0.4 is 0 Å². The number of hydrogen-bond acceptors (Lipinski definition) is 3. The smallest absolute Gasteiger partial charge is 0.161 e. The molecule has 3 nitrogen and oxygen atoms in total. The molecule has 0 unspecified atom stereocenters. The average molecular weight is 677 g/mol. The highest BCUT2D eigenvalue weighted by Crippen LogP contribution is 2.39. The predicted octanol–water partition coefficient (Wildman–Crippen LogP) is 13.5. The van der Waals surface area contributed by atoms with Gasteiger partial charge < -0.3 is 4.42 Å². The zero-order chi connectivity index (χ0) is 35.1. The monoisotopic (exact) mass is 676 g/mol. The number of rotatable bonds is 6. The second kappa shape index (κ2) is 12.9. The molecule has 8 aromatic carbocycles. The highest BCUT2D eigenvalue weighted by atomic mass is 16.3. The normalized spacial score (nSPS) is 11.4. The topological polar surface area (TPSA) is 38.9 Å². The molecule has 0 aliphatic heterocycles. The van der Waals surface area contributed by atoms with Gasteiger partial charge in [0.15, 0.2) is 5.82 Å². The van der Waals surface area contributed by atoms with Crippen molar-refractivity contribution in [3.8, 4) is 67.3 Å². The van der Waals surface area contributed by atoms with E-state index in [1.807, 2.05) is 18.2 Å². The number of aromatic nitrogens is 2. The number of nitrogens with zero attached hydrogens (tertiary/aromatic N) is 2. The third-order valence-corrected chi connectivity index (χ3v) is 10.1. The summed E-state index contributed by atoms with van der Waals surface area (Å²) in [7, 11) is 0. The maximum Gasteiger partial charge on any atom is 0.161 e. The summed E-state index contributed by atoms with van der Waals surface area (Å²) in [5.41, 5.74) is 13.2. The van der Waals surface area contributed by atoms with E-state index in [4.69, 9.17) is 14.4 Å². The highest BCUT2D eigenvalue weighted by molar-refractivity contribution is 6.06. The predicted molar refractivity (Wildman–Crippen MR) is 219 cm³/mol. The van der Waals surface area contributed by atoms with Crippen molar-refractivity contribution in [2.24, 2.45) is 0 Å². The van der Waals surface area contributed by atoms with Crippen molar-refractivity contribution in [2.75, 3.05) is 0 Å². The van der Waals surface area contributed by atoms with Gasteiger partial charge in [-0.15, -0.1) is 0 Å². The van der Waals surface area contributed by atoms with E-state index >= 15 is 0 Å². The van der Waals surface area contributed by atoms with E-state index < -0.39 is 0 Å². The van der Waals surface area contributed by atoms with Crippen LogP contribution >= 0.6 is 0 Å². The van der Waals surface area contributed by atoms with Crippen LogP contribution in [0.1, 0.15) is 0 Å². The maximum absolute atomic E-state index is 6.19. The van der Waals surface area contributed by atoms with E-state index in [9.17, 15) is 0 Å². The molecule has 0 bridgehead atoms. The number of fused-ring (bicyclic) bond motifs is 4. The molecule has 10 aromatic rings. The minimum Gasteiger partial charge on any atom is -0.456 e. The molecule has 0 N–H and O–H groups in total. The Bertz CT molecular complexity index is 2950. The number of hydrogen-bond donors (Lipinski definition) is 0. The first-order valence-corrected chi connectivity index (χ1v) is 17.9. The molecule has 0 saturated heterocycles. The zero-order valence-electron chi connectivity index (χ0n) is 28.8. The second-order valence-electron chi connectivity index (χ2n) is 13.4. The van der Waals surface area contributed by atoms with Gasteiger partial charge in [0, 0.05) is 27.5 Å². The fourth-order valence-electron chi connectivity index (χ4n) is 7.40. The van der Waals surface area contributed by atoms with Crippen molar-refractivity contribution >= 4 is 32.7 Å². The highest BCUT2D eigenvalue weighted by Gasteiger charge is 2.17. The van der Waals surface area contributed by atoms with Crippen molar-refractivity contribution in [1.29, 1.82) is 0 Å². The molecule has 10 rings (SSSR count). The first kappa shape index (κ1) is 30.7. The molecule has 248 valence electrons. The Morgan fingerprint density at radius 3 is 1.70 bits per heavy atom. The van der Waals surface area contributed by atoms with Crippen molar-refractivity contribution in [1.82, 2.24) is 9.97 Å². The molecule has 3 heteroatoms. The van der Waals surface area contributed by atoms with Gasteiger partial charge in [-0.25, -0.2) is 9.97 Å². The Kier molecular flexibility index (Phi) is 7.47. The first-order valence-electron chi connectivity index (χ1n) is 17.9. The van der Waals surface area contributed by atoms with Crippen LogP contribution in [0.5, 0.6) is 0 Å². The SMILES string of the molecule is c1ccc(-c2cc(-c3ccc4oc5ccccc5c4c3)cc(-c3cc(-c4ccccc4)nc(-c4ccccc4-c4ccc5ccccc5c4)n3)c2)cc1. The van der Waals surface area contributed by atoms with Crippen molar-refractivity contribution in [3.05, 3.63) is 194 Å². The third-order valence-electron chi connectivity index (χ3n) is 10.1. The second-order valence-corrected chi connectivity index (χ2v) is 13.4. The molecule has 53 heavy (non-hydrogen) atoms. The van der Waals surface area contributed by atoms with Crippen molar-refractivity contribution in [2.45, 2.75) is 0 Å². The molecule has 0 aliphatic carbocycles. The Balaban J connectivity index is 1.18. The first-order chi connectivity index (χ1) is 26.2. The zero-order valence-corrected chi connectivity index (χ0v) is 28.8. The molecular weight excluding hydrogens is 645 g/mol. The molecule has 0 saturated carbocycles. The van der Waals surface area contributed by atoms with Crippen molar-refractivity contribution in [3.63, 3.8) is 0 Å². The van der Waals surface area contributed by atoms with Crippen LogP contribution in [-0.2, 0) is 0 Å². The van der Waals surface area contributed by atoms with Gasteiger partial charge in [0.25, 0.3) is 0 Å². The summed E-state index contributed by atoms with van der Waals surface area (Å²) in [5.74, 6) is 0.683. The Morgan fingerprint density at radius 1 is 0.302 bits per heavy atom. The summed E-state index contributed by atoms with van der Waals surface area (Å²) in [4.78, 5) is 10.6. The minimum absolute atomic E-state index is 0.683. The lowest BCUT2D eigenvalue weighted by atomic mass is 9.93. The van der Waals surface area contributed by atoms with Crippen LogP contribution in [0.3, 0.4) is 0 Å². The molecule has 0 radical (unpaired) electrons. The van der Waals surface area contributed by atoms with Crippen LogP contribution in [0.25, 0.3) is 100.0 Å². The Morgan fingerprint density at radius 2 is 0.887 bits per heavy atom. The third kappa shape index (κ3) is 5.75. The summed E-state index contributed by atoms with van der Waals surface area (Å²) in [5, 5.41) is 4.63. The number of para-hydroxylation sites is 1. The largest absolute Gasteiger partial charge is 0.456 e. The maximum atomic E-state index is 6.19. The molecule has 0 spiro atoms. The van der Waals surface area contributed by atoms with E-state index in [2.05, 4.69) is 176 Å². The van der Waals surface area contributed by atoms with Crippen LogP contribution in [-0.4, -0.2) is 9.97 Å². The summed E-state index contributed by atoms with van der Waals surface area (Å²) >= 11 is 0. The standard InChI is InChI=1S/C50H32N2O/c1-3-13-33(14-4-1)39-28-40(37-25-26-49-45(31-37)43-20-11-12-22-48(43)53-49)30-41(29-39)47-32-46(35-16-5-2-6-17-35)51-50(52-47)44-21-10-9-19-42(44)38-24-23-34-15-7-8-18-36(34)27-38/h1-32H. The van der Waals surface area contributed by atoms with Gasteiger partial charge in [-0.2, -0.15) is 0 Å². The summed E-state index contributed by atoms with van der Waals surface area (Å²) in [6, 6.07) is 68.1. The molecular formula is C50H32N2O. The van der Waals surface area contributed by atoms with E-state index in [0.29, 0.717) is 5.82 Å². The lowest BCUT2D eigenvalue weighted by molar-refractivity contribution is 0.669. The van der Waals surface area contributed by atoms with Crippen LogP contribution in [0.4, 0.5) is 0 Å². The number of benzene rings is 8.